The first-order valence-corrected chi connectivity index (χ1v) is 7.72. The molecule has 1 saturated heterocycles. The molecule has 2 aliphatic rings. The van der Waals surface area contributed by atoms with Crippen LogP contribution < -0.4 is 5.73 Å². The van der Waals surface area contributed by atoms with Crippen molar-refractivity contribution in [3.8, 4) is 0 Å². The number of aromatic nitrogens is 1. The van der Waals surface area contributed by atoms with Gasteiger partial charge in [-0.25, -0.2) is 8.42 Å². The van der Waals surface area contributed by atoms with Gasteiger partial charge in [0.1, 0.15) is 4.90 Å². The number of hydrogen-bond acceptors (Lipinski definition) is 4. The number of nitrogens with zero attached hydrogens (tertiary/aromatic N) is 2. The minimum absolute atomic E-state index is 0.150. The Balaban J connectivity index is 2.00. The Morgan fingerprint density at radius 2 is 2.28 bits per heavy atom. The highest BCUT2D eigenvalue weighted by molar-refractivity contribution is 7.89. The number of hydrogen-bond donors (Lipinski definition) is 1. The van der Waals surface area contributed by atoms with Crippen molar-refractivity contribution in [3.05, 3.63) is 24.0 Å². The summed E-state index contributed by atoms with van der Waals surface area (Å²) in [6, 6.07) is 3.45. The largest absolute Gasteiger partial charge is 0.325 e. The topological polar surface area (TPSA) is 76.3 Å². The lowest BCUT2D eigenvalue weighted by Crippen LogP contribution is -2.38. The number of rotatable bonds is 3. The predicted octanol–water partition coefficient (Wildman–Crippen LogP) is 0.713. The molecular formula is C12H17N3O2S. The third kappa shape index (κ3) is 1.75. The molecule has 0 amide bonds. The predicted molar refractivity (Wildman–Crippen MR) is 67.1 cm³/mol. The van der Waals surface area contributed by atoms with Crippen LogP contribution in [0, 0.1) is 5.92 Å². The maximum atomic E-state index is 12.6. The zero-order valence-electron chi connectivity index (χ0n) is 10.1. The third-order valence-electron chi connectivity index (χ3n) is 3.99. The molecule has 0 radical (unpaired) electrons. The molecule has 2 unspecified atom stereocenters. The van der Waals surface area contributed by atoms with Gasteiger partial charge >= 0.3 is 0 Å². The number of piperidine rings is 1. The van der Waals surface area contributed by atoms with Crippen molar-refractivity contribution in [2.75, 3.05) is 6.54 Å². The van der Waals surface area contributed by atoms with E-state index in [2.05, 4.69) is 4.98 Å². The molecule has 2 atom stereocenters. The van der Waals surface area contributed by atoms with Crippen molar-refractivity contribution in [1.82, 2.24) is 9.29 Å². The molecule has 18 heavy (non-hydrogen) atoms. The fraction of sp³-hybridized carbons (Fsp3) is 0.583. The van der Waals surface area contributed by atoms with Gasteiger partial charge in [-0.15, -0.1) is 0 Å². The molecule has 98 valence electrons. The standard InChI is InChI=1S/C12H17N3O2S/c13-7-11-12(2-1-5-14-11)18(16,17)15-8-9-3-4-10(15)6-9/h1-2,5,9-10H,3-4,6-8,13H2. The van der Waals surface area contributed by atoms with Crippen molar-refractivity contribution in [2.45, 2.75) is 36.7 Å². The molecule has 2 heterocycles. The molecule has 1 aliphatic heterocycles. The normalized spacial score (nSPS) is 27.8. The van der Waals surface area contributed by atoms with E-state index in [9.17, 15) is 8.42 Å². The highest BCUT2D eigenvalue weighted by atomic mass is 32.2. The second kappa shape index (κ2) is 4.29. The van der Waals surface area contributed by atoms with Gasteiger partial charge in [0.05, 0.1) is 5.69 Å². The summed E-state index contributed by atoms with van der Waals surface area (Å²) < 4.78 is 26.9. The maximum Gasteiger partial charge on any atom is 0.245 e. The van der Waals surface area contributed by atoms with Gasteiger partial charge in [0, 0.05) is 25.3 Å². The van der Waals surface area contributed by atoms with Crippen LogP contribution in [0.25, 0.3) is 0 Å². The number of sulfonamides is 1. The van der Waals surface area contributed by atoms with Crippen LogP contribution in [0.1, 0.15) is 25.0 Å². The van der Waals surface area contributed by atoms with Gasteiger partial charge in [0.15, 0.2) is 0 Å². The van der Waals surface area contributed by atoms with Crippen LogP contribution in [0.4, 0.5) is 0 Å². The zero-order valence-corrected chi connectivity index (χ0v) is 10.9. The minimum Gasteiger partial charge on any atom is -0.325 e. The fourth-order valence-corrected chi connectivity index (χ4v) is 5.04. The molecule has 6 heteroatoms. The molecule has 0 spiro atoms. The molecule has 3 rings (SSSR count). The Hall–Kier alpha value is -0.980. The van der Waals surface area contributed by atoms with Crippen molar-refractivity contribution < 1.29 is 8.42 Å². The van der Waals surface area contributed by atoms with Gasteiger partial charge in [0.25, 0.3) is 0 Å². The van der Waals surface area contributed by atoms with Crippen LogP contribution in [0.2, 0.25) is 0 Å². The van der Waals surface area contributed by atoms with E-state index in [4.69, 9.17) is 5.73 Å². The van der Waals surface area contributed by atoms with Crippen LogP contribution in [0.3, 0.4) is 0 Å². The van der Waals surface area contributed by atoms with Gasteiger partial charge in [0.2, 0.25) is 10.0 Å². The van der Waals surface area contributed by atoms with E-state index >= 15 is 0 Å². The molecule has 2 fully saturated rings. The zero-order chi connectivity index (χ0) is 12.8. The fourth-order valence-electron chi connectivity index (χ4n) is 3.11. The number of nitrogens with two attached hydrogens (primary N) is 1. The summed E-state index contributed by atoms with van der Waals surface area (Å²) in [7, 11) is -3.42. The lowest BCUT2D eigenvalue weighted by Gasteiger charge is -2.26. The quantitative estimate of drug-likeness (QED) is 0.875. The molecule has 0 aromatic carbocycles. The van der Waals surface area contributed by atoms with E-state index < -0.39 is 10.0 Å². The Bertz CT molecular complexity index is 558. The Morgan fingerprint density at radius 3 is 2.89 bits per heavy atom. The number of pyridine rings is 1. The molecule has 2 N–H and O–H groups in total. The average molecular weight is 267 g/mol. The summed E-state index contributed by atoms with van der Waals surface area (Å²) in [5.41, 5.74) is 6.04. The first kappa shape index (κ1) is 12.1. The second-order valence-corrected chi connectivity index (χ2v) is 6.92. The van der Waals surface area contributed by atoms with Gasteiger partial charge in [-0.1, -0.05) is 0 Å². The first-order valence-electron chi connectivity index (χ1n) is 6.28. The SMILES string of the molecule is NCc1ncccc1S(=O)(=O)N1CC2CCC1C2. The van der Waals surface area contributed by atoms with Crippen LogP contribution in [0.5, 0.6) is 0 Å². The molecule has 1 aromatic rings. The second-order valence-electron chi connectivity index (χ2n) is 5.06. The minimum atomic E-state index is -3.42. The first-order chi connectivity index (χ1) is 8.63. The van der Waals surface area contributed by atoms with Crippen molar-refractivity contribution in [2.24, 2.45) is 11.7 Å². The summed E-state index contributed by atoms with van der Waals surface area (Å²) in [5.74, 6) is 0.544. The molecular weight excluding hydrogens is 250 g/mol. The van der Waals surface area contributed by atoms with E-state index in [1.807, 2.05) is 0 Å². The summed E-state index contributed by atoms with van der Waals surface area (Å²) in [5, 5.41) is 0. The number of fused-ring (bicyclic) bond motifs is 2. The van der Waals surface area contributed by atoms with Crippen molar-refractivity contribution >= 4 is 10.0 Å². The van der Waals surface area contributed by atoms with E-state index in [0.29, 0.717) is 18.2 Å². The van der Waals surface area contributed by atoms with Crippen molar-refractivity contribution in [1.29, 1.82) is 0 Å². The summed E-state index contributed by atoms with van der Waals surface area (Å²) in [4.78, 5) is 4.34. The van der Waals surface area contributed by atoms with Gasteiger partial charge in [-0.2, -0.15) is 4.31 Å². The lowest BCUT2D eigenvalue weighted by molar-refractivity contribution is 0.333. The Labute approximate surface area is 107 Å². The van der Waals surface area contributed by atoms with Gasteiger partial charge < -0.3 is 5.73 Å². The van der Waals surface area contributed by atoms with Crippen LogP contribution in [-0.4, -0.2) is 30.3 Å². The van der Waals surface area contributed by atoms with E-state index in [0.717, 1.165) is 19.3 Å². The monoisotopic (exact) mass is 267 g/mol. The average Bonchev–Trinajstić information content (AvgIpc) is 3.01. The van der Waals surface area contributed by atoms with E-state index in [1.54, 1.807) is 22.6 Å². The third-order valence-corrected chi connectivity index (χ3v) is 5.98. The van der Waals surface area contributed by atoms with E-state index in [1.165, 1.54) is 0 Å². The lowest BCUT2D eigenvalue weighted by atomic mass is 10.1. The summed E-state index contributed by atoms with van der Waals surface area (Å²) in [6.45, 7) is 0.809. The Morgan fingerprint density at radius 1 is 1.44 bits per heavy atom. The van der Waals surface area contributed by atoms with Crippen molar-refractivity contribution in [3.63, 3.8) is 0 Å². The van der Waals surface area contributed by atoms with Gasteiger partial charge in [-0.05, 0) is 37.3 Å². The molecule has 1 aliphatic carbocycles. The molecule has 1 aromatic heterocycles. The highest BCUT2D eigenvalue weighted by Crippen LogP contribution is 2.40. The molecule has 1 saturated carbocycles. The van der Waals surface area contributed by atoms with E-state index in [-0.39, 0.29) is 17.5 Å². The van der Waals surface area contributed by atoms with Gasteiger partial charge in [-0.3, -0.25) is 4.98 Å². The summed E-state index contributed by atoms with van der Waals surface area (Å²) >= 11 is 0. The highest BCUT2D eigenvalue weighted by Gasteiger charge is 2.44. The molecule has 5 nitrogen and oxygen atoms in total. The smallest absolute Gasteiger partial charge is 0.245 e. The summed E-state index contributed by atoms with van der Waals surface area (Å²) in [6.07, 6.45) is 4.74. The Kier molecular flexibility index (Phi) is 2.88. The molecule has 2 bridgehead atoms. The van der Waals surface area contributed by atoms with Crippen LogP contribution in [0.15, 0.2) is 23.2 Å². The van der Waals surface area contributed by atoms with Crippen LogP contribution in [-0.2, 0) is 16.6 Å². The maximum absolute atomic E-state index is 12.6. The van der Waals surface area contributed by atoms with Crippen LogP contribution >= 0.6 is 0 Å².